The third-order valence-corrected chi connectivity index (χ3v) is 11.7. The zero-order valence-electron chi connectivity index (χ0n) is 30.1. The number of unbranched alkanes of at least 4 members (excludes halogenated alkanes) is 1. The lowest BCUT2D eigenvalue weighted by molar-refractivity contribution is -0.433. The molecule has 4 rings (SSSR count). The molecule has 0 amide bonds. The van der Waals surface area contributed by atoms with E-state index in [9.17, 15) is 45.7 Å². The molecule has 2 aromatic carbocycles. The van der Waals surface area contributed by atoms with Crippen molar-refractivity contribution in [2.75, 3.05) is 23.7 Å². The number of carbonyl (C=O) groups is 2. The van der Waals surface area contributed by atoms with E-state index in [1.54, 1.807) is 6.07 Å². The van der Waals surface area contributed by atoms with Crippen LogP contribution in [0.1, 0.15) is 89.3 Å². The molecule has 0 aliphatic carbocycles. The Balaban J connectivity index is 1.76. The maximum atomic E-state index is 12.1. The molecule has 0 radical (unpaired) electrons. The van der Waals surface area contributed by atoms with Crippen LogP contribution in [0.15, 0.2) is 77.4 Å². The Kier molecular flexibility index (Phi) is 12.7. The summed E-state index contributed by atoms with van der Waals surface area (Å²) in [5.74, 6) is -2.28. The molecule has 14 heteroatoms. The fourth-order valence-corrected chi connectivity index (χ4v) is 8.58. The van der Waals surface area contributed by atoms with Gasteiger partial charge in [0.1, 0.15) is 6.54 Å². The Morgan fingerprint density at radius 3 is 2.17 bits per heavy atom. The summed E-state index contributed by atoms with van der Waals surface area (Å²) in [6.45, 7) is 9.24. The third-order valence-electron chi connectivity index (χ3n) is 10.1. The summed E-state index contributed by atoms with van der Waals surface area (Å²) in [6, 6.07) is 10.1. The molecule has 282 valence electrons. The van der Waals surface area contributed by atoms with E-state index in [1.807, 2.05) is 67.0 Å². The van der Waals surface area contributed by atoms with Gasteiger partial charge < -0.3 is 15.1 Å². The van der Waals surface area contributed by atoms with Crippen LogP contribution in [0.25, 0.3) is 0 Å². The Morgan fingerprint density at radius 2 is 1.56 bits per heavy atom. The predicted molar refractivity (Wildman–Crippen MR) is 200 cm³/mol. The van der Waals surface area contributed by atoms with Crippen molar-refractivity contribution in [3.63, 3.8) is 0 Å². The average Bonchev–Trinajstić information content (AvgIpc) is 3.41. The van der Waals surface area contributed by atoms with Gasteiger partial charge in [-0.2, -0.15) is 21.4 Å². The summed E-state index contributed by atoms with van der Waals surface area (Å²) < 4.78 is 68.5. The van der Waals surface area contributed by atoms with Crippen molar-refractivity contribution in [3.8, 4) is 0 Å². The van der Waals surface area contributed by atoms with Crippen molar-refractivity contribution >= 4 is 49.3 Å². The molecule has 4 N–H and O–H groups in total. The van der Waals surface area contributed by atoms with Gasteiger partial charge >= 0.3 is 11.9 Å². The molecule has 0 saturated heterocycles. The van der Waals surface area contributed by atoms with Gasteiger partial charge in [0.25, 0.3) is 20.2 Å². The van der Waals surface area contributed by atoms with Gasteiger partial charge in [0, 0.05) is 47.5 Å². The molecule has 2 aromatic rings. The number of anilines is 1. The Hall–Kier alpha value is -4.11. The topological polar surface area (TPSA) is 190 Å². The molecular formula is C38H49N2O10S2+. The molecule has 0 aromatic heterocycles. The summed E-state index contributed by atoms with van der Waals surface area (Å²) in [6.07, 6.45) is 12.6. The second-order valence-corrected chi connectivity index (χ2v) is 16.8. The molecule has 2 aliphatic heterocycles. The van der Waals surface area contributed by atoms with Crippen LogP contribution in [0.5, 0.6) is 0 Å². The number of aliphatic carboxylic acids is 2. The maximum Gasteiger partial charge on any atom is 0.307 e. The van der Waals surface area contributed by atoms with Gasteiger partial charge in [-0.25, -0.2) is 0 Å². The van der Waals surface area contributed by atoms with Crippen LogP contribution in [0, 0.1) is 0 Å². The van der Waals surface area contributed by atoms with Gasteiger partial charge in [0.15, 0.2) is 5.71 Å². The lowest BCUT2D eigenvalue weighted by Gasteiger charge is -2.30. The minimum atomic E-state index is -4.51. The largest absolute Gasteiger partial charge is 0.481 e. The molecule has 52 heavy (non-hydrogen) atoms. The summed E-state index contributed by atoms with van der Waals surface area (Å²) in [5, 5.41) is 18.9. The maximum absolute atomic E-state index is 12.1. The normalized spacial score (nSPS) is 21.1. The lowest BCUT2D eigenvalue weighted by Crippen LogP contribution is -2.32. The number of benzene rings is 2. The zero-order valence-corrected chi connectivity index (χ0v) is 31.7. The smallest absolute Gasteiger partial charge is 0.307 e. The molecule has 0 spiro atoms. The van der Waals surface area contributed by atoms with Crippen molar-refractivity contribution in [3.05, 3.63) is 89.2 Å². The van der Waals surface area contributed by atoms with Gasteiger partial charge in [-0.15, -0.1) is 0 Å². The average molecular weight is 758 g/mol. The highest BCUT2D eigenvalue weighted by molar-refractivity contribution is 7.86. The highest BCUT2D eigenvalue weighted by Gasteiger charge is 2.48. The van der Waals surface area contributed by atoms with Crippen LogP contribution in [-0.2, 0) is 47.1 Å². The predicted octanol–water partition coefficient (Wildman–Crippen LogP) is 6.43. The van der Waals surface area contributed by atoms with Crippen molar-refractivity contribution in [1.29, 1.82) is 0 Å². The summed E-state index contributed by atoms with van der Waals surface area (Å²) in [7, 11) is -8.74. The summed E-state index contributed by atoms with van der Waals surface area (Å²) in [4.78, 5) is 25.0. The Labute approximate surface area is 306 Å². The number of hydrogen-bond acceptors (Lipinski definition) is 7. The molecule has 2 heterocycles. The zero-order chi connectivity index (χ0) is 38.5. The first-order chi connectivity index (χ1) is 24.4. The second kappa shape index (κ2) is 16.3. The van der Waals surface area contributed by atoms with E-state index in [1.165, 1.54) is 12.1 Å². The monoisotopic (exact) mass is 757 g/mol. The van der Waals surface area contributed by atoms with E-state index in [0.29, 0.717) is 30.5 Å². The fraction of sp³-hybridized carbons (Fsp3) is 0.447. The fourth-order valence-electron chi connectivity index (χ4n) is 7.56. The number of carboxylic acid groups (broad SMARTS) is 2. The number of fused-ring (bicyclic) bond motifs is 2. The van der Waals surface area contributed by atoms with E-state index in [0.717, 1.165) is 47.7 Å². The van der Waals surface area contributed by atoms with E-state index in [4.69, 9.17) is 0 Å². The molecule has 2 atom stereocenters. The number of hydrogen-bond donors (Lipinski definition) is 4. The van der Waals surface area contributed by atoms with Crippen LogP contribution in [-0.4, -0.2) is 77.2 Å². The first-order valence-corrected chi connectivity index (χ1v) is 20.5. The quantitative estimate of drug-likeness (QED) is 0.0745. The van der Waals surface area contributed by atoms with Gasteiger partial charge in [-0.3, -0.25) is 18.7 Å². The molecule has 0 bridgehead atoms. The van der Waals surface area contributed by atoms with Crippen molar-refractivity contribution in [1.82, 2.24) is 0 Å². The molecule has 2 aliphatic rings. The number of nitrogens with zero attached hydrogens (tertiary/aromatic N) is 2. The van der Waals surface area contributed by atoms with Crippen LogP contribution < -0.4 is 4.90 Å². The molecule has 2 unspecified atom stereocenters. The van der Waals surface area contributed by atoms with Crippen molar-refractivity contribution < 1.29 is 50.3 Å². The minimum Gasteiger partial charge on any atom is -0.481 e. The summed E-state index contributed by atoms with van der Waals surface area (Å²) >= 11 is 0. The standard InChI is InChI=1S/C38H48N2O10S2/c1-5-7-22-40-32-18-16-27(25-36(43)44)24-29(32)37(3,20-11-15-35(41)42)34(40)14-10-8-9-13-33-38(4,21-12-23-51(45,46)47)30-26-28(52(48,49)50)17-19-31(30)39(33)6-2/h8-10,13-14,16-19,24,26H,5-7,11-12,15,20-23,25H2,1-4H3,(H3-,41,42,43,44,45,46,47,48,49,50)/p+1. The van der Waals surface area contributed by atoms with E-state index in [2.05, 4.69) is 18.7 Å². The summed E-state index contributed by atoms with van der Waals surface area (Å²) in [5.41, 5.74) is 4.26. The lowest BCUT2D eigenvalue weighted by atomic mass is 9.75. The molecular weight excluding hydrogens is 709 g/mol. The minimum absolute atomic E-state index is 0.00418. The van der Waals surface area contributed by atoms with Crippen LogP contribution >= 0.6 is 0 Å². The van der Waals surface area contributed by atoms with Crippen LogP contribution in [0.2, 0.25) is 0 Å². The number of allylic oxidation sites excluding steroid dienone is 6. The van der Waals surface area contributed by atoms with Gasteiger partial charge in [0.2, 0.25) is 5.69 Å². The molecule has 12 nitrogen and oxygen atoms in total. The SMILES string of the molecule is CCCCN1/C(=C/C=C/C=C/C2=[N+](CC)c3ccc(S(=O)(=O)O)cc3C2(C)CCCS(=O)(=O)O)C(C)(CCCC(=O)O)c2cc(CC(=O)O)ccc21. The second-order valence-electron chi connectivity index (χ2n) is 13.8. The van der Waals surface area contributed by atoms with Crippen molar-refractivity contribution in [2.45, 2.75) is 94.8 Å². The molecule has 0 fully saturated rings. The van der Waals surface area contributed by atoms with E-state index >= 15 is 0 Å². The molecule has 0 saturated carbocycles. The first-order valence-electron chi connectivity index (χ1n) is 17.5. The van der Waals surface area contributed by atoms with E-state index < -0.39 is 48.8 Å². The van der Waals surface area contributed by atoms with Crippen LogP contribution in [0.3, 0.4) is 0 Å². The first kappa shape index (κ1) is 40.7. The highest BCUT2D eigenvalue weighted by Crippen LogP contribution is 2.51. The van der Waals surface area contributed by atoms with E-state index in [-0.39, 0.29) is 30.6 Å². The Morgan fingerprint density at radius 1 is 0.846 bits per heavy atom. The van der Waals surface area contributed by atoms with Gasteiger partial charge in [0.05, 0.1) is 22.5 Å². The Bertz CT molecular complexity index is 2050. The van der Waals surface area contributed by atoms with Crippen molar-refractivity contribution in [2.24, 2.45) is 0 Å². The number of carboxylic acids is 2. The van der Waals surface area contributed by atoms with Gasteiger partial charge in [-0.1, -0.05) is 43.7 Å². The van der Waals surface area contributed by atoms with Crippen LogP contribution in [0.4, 0.5) is 11.4 Å². The number of rotatable bonds is 18. The highest BCUT2D eigenvalue weighted by atomic mass is 32.2. The van der Waals surface area contributed by atoms with Gasteiger partial charge in [-0.05, 0) is 88.3 Å². The third kappa shape index (κ3) is 9.08.